The maximum atomic E-state index is 12.6. The Balaban J connectivity index is 0.00000338. The van der Waals surface area contributed by atoms with Crippen molar-refractivity contribution in [2.45, 2.75) is 34.4 Å². The molecule has 26 heavy (non-hydrogen) atoms. The molecule has 0 unspecified atom stereocenters. The highest BCUT2D eigenvalue weighted by Crippen LogP contribution is 2.30. The molecule has 0 bridgehead atoms. The third-order valence-corrected chi connectivity index (χ3v) is 8.06. The van der Waals surface area contributed by atoms with Crippen molar-refractivity contribution in [1.82, 2.24) is 4.90 Å². The summed E-state index contributed by atoms with van der Waals surface area (Å²) in [5.74, 6) is -0.116. The van der Waals surface area contributed by atoms with Gasteiger partial charge in [0.15, 0.2) is 0 Å². The first-order chi connectivity index (χ1) is 11.6. The van der Waals surface area contributed by atoms with Crippen LogP contribution in [0.3, 0.4) is 0 Å². The van der Waals surface area contributed by atoms with Gasteiger partial charge in [-0.3, -0.25) is 4.90 Å². The standard InChI is InChI=1S/C15H20N2O5S3.ClH/c1-3-17(4-2)9-11-5-6-12(7-14(11)18)24(19,20)13-8-15(23-10-13)25(16,21)22;/h5-8,10,18H,3-4,9H2,1-2H3,(H2,16,21,22);1H. The molecular formula is C15H21ClN2O5S3. The van der Waals surface area contributed by atoms with Crippen molar-refractivity contribution in [1.29, 1.82) is 0 Å². The number of halogens is 1. The van der Waals surface area contributed by atoms with Crippen molar-refractivity contribution in [3.63, 3.8) is 0 Å². The summed E-state index contributed by atoms with van der Waals surface area (Å²) in [7, 11) is -7.90. The summed E-state index contributed by atoms with van der Waals surface area (Å²) >= 11 is 0.738. The highest BCUT2D eigenvalue weighted by molar-refractivity contribution is 7.92. The number of phenolic OH excluding ortho intramolecular Hbond substituents is 1. The average molecular weight is 441 g/mol. The van der Waals surface area contributed by atoms with Crippen molar-refractivity contribution in [3.05, 3.63) is 35.2 Å². The number of rotatable bonds is 7. The fourth-order valence-corrected chi connectivity index (χ4v) is 5.59. The molecule has 0 atom stereocenters. The van der Waals surface area contributed by atoms with E-state index in [1.54, 1.807) is 6.07 Å². The first kappa shape index (κ1) is 22.9. The van der Waals surface area contributed by atoms with Crippen LogP contribution in [0.5, 0.6) is 5.75 Å². The number of sulfonamides is 1. The molecule has 0 aliphatic rings. The molecule has 2 rings (SSSR count). The van der Waals surface area contributed by atoms with E-state index in [0.717, 1.165) is 30.5 Å². The molecule has 1 aromatic heterocycles. The number of phenols is 1. The Morgan fingerprint density at radius 2 is 1.69 bits per heavy atom. The highest BCUT2D eigenvalue weighted by atomic mass is 35.5. The Morgan fingerprint density at radius 3 is 2.15 bits per heavy atom. The smallest absolute Gasteiger partial charge is 0.247 e. The molecule has 3 N–H and O–H groups in total. The van der Waals surface area contributed by atoms with Gasteiger partial charge in [-0.15, -0.1) is 23.7 Å². The van der Waals surface area contributed by atoms with Crippen LogP contribution in [-0.2, 0) is 26.4 Å². The van der Waals surface area contributed by atoms with Crippen LogP contribution in [0.15, 0.2) is 43.6 Å². The monoisotopic (exact) mass is 440 g/mol. The molecule has 0 aliphatic heterocycles. The highest BCUT2D eigenvalue weighted by Gasteiger charge is 2.23. The molecule has 2 aromatic rings. The molecule has 146 valence electrons. The second-order valence-electron chi connectivity index (χ2n) is 5.40. The predicted octanol–water partition coefficient (Wildman–Crippen LogP) is 2.20. The molecule has 11 heteroatoms. The van der Waals surface area contributed by atoms with Gasteiger partial charge in [0.1, 0.15) is 9.96 Å². The molecule has 7 nitrogen and oxygen atoms in total. The Labute approximate surface area is 163 Å². The first-order valence-electron chi connectivity index (χ1n) is 7.50. The zero-order valence-corrected chi connectivity index (χ0v) is 17.5. The zero-order valence-electron chi connectivity index (χ0n) is 14.2. The van der Waals surface area contributed by atoms with Gasteiger partial charge in [0.25, 0.3) is 0 Å². The zero-order chi connectivity index (χ0) is 18.8. The fraction of sp³-hybridized carbons (Fsp3) is 0.333. The Hall–Kier alpha value is -1.17. The molecule has 0 fully saturated rings. The predicted molar refractivity (Wildman–Crippen MR) is 103 cm³/mol. The van der Waals surface area contributed by atoms with Crippen LogP contribution < -0.4 is 5.14 Å². The third-order valence-electron chi connectivity index (χ3n) is 3.80. The van der Waals surface area contributed by atoms with Crippen LogP contribution in [0, 0.1) is 0 Å². The van der Waals surface area contributed by atoms with E-state index in [0.29, 0.717) is 12.1 Å². The van der Waals surface area contributed by atoms with E-state index >= 15 is 0 Å². The van der Waals surface area contributed by atoms with Crippen LogP contribution in [-0.4, -0.2) is 39.9 Å². The van der Waals surface area contributed by atoms with Gasteiger partial charge in [-0.2, -0.15) is 0 Å². The summed E-state index contributed by atoms with van der Waals surface area (Å²) in [6.45, 7) is 6.12. The van der Waals surface area contributed by atoms with Gasteiger partial charge in [0.05, 0.1) is 9.79 Å². The molecule has 0 amide bonds. The van der Waals surface area contributed by atoms with Gasteiger partial charge < -0.3 is 5.11 Å². The van der Waals surface area contributed by atoms with E-state index < -0.39 is 19.9 Å². The fourth-order valence-electron chi connectivity index (χ4n) is 2.26. The SMILES string of the molecule is CCN(CC)Cc1ccc(S(=O)(=O)c2csc(S(N)(=O)=O)c2)cc1O.Cl. The number of hydrogen-bond donors (Lipinski definition) is 2. The van der Waals surface area contributed by atoms with Crippen LogP contribution in [0.25, 0.3) is 0 Å². The van der Waals surface area contributed by atoms with Crippen LogP contribution in [0.4, 0.5) is 0 Å². The molecule has 0 radical (unpaired) electrons. The summed E-state index contributed by atoms with van der Waals surface area (Å²) in [4.78, 5) is 1.81. The number of nitrogens with zero attached hydrogens (tertiary/aromatic N) is 1. The Bertz CT molecular complexity index is 967. The second kappa shape index (κ2) is 8.68. The van der Waals surface area contributed by atoms with Crippen LogP contribution >= 0.6 is 23.7 Å². The minimum Gasteiger partial charge on any atom is -0.508 e. The molecule has 1 aromatic carbocycles. The van der Waals surface area contributed by atoms with E-state index in [1.807, 2.05) is 13.8 Å². The van der Waals surface area contributed by atoms with Gasteiger partial charge in [-0.05, 0) is 31.3 Å². The quantitative estimate of drug-likeness (QED) is 0.681. The lowest BCUT2D eigenvalue weighted by molar-refractivity contribution is 0.290. The normalized spacial score (nSPS) is 12.2. The third kappa shape index (κ3) is 4.96. The van der Waals surface area contributed by atoms with Crippen LogP contribution in [0.1, 0.15) is 19.4 Å². The number of benzene rings is 1. The van der Waals surface area contributed by atoms with Crippen molar-refractivity contribution in [2.75, 3.05) is 13.1 Å². The largest absolute Gasteiger partial charge is 0.508 e. The van der Waals surface area contributed by atoms with Gasteiger partial charge in [0, 0.05) is 17.5 Å². The number of thiophene rings is 1. The lowest BCUT2D eigenvalue weighted by Crippen LogP contribution is -2.22. The van der Waals surface area contributed by atoms with E-state index in [4.69, 9.17) is 5.14 Å². The maximum Gasteiger partial charge on any atom is 0.247 e. The second-order valence-corrected chi connectivity index (χ2v) is 10.1. The van der Waals surface area contributed by atoms with Gasteiger partial charge in [-0.1, -0.05) is 19.9 Å². The van der Waals surface area contributed by atoms with E-state index in [9.17, 15) is 21.9 Å². The maximum absolute atomic E-state index is 12.6. The summed E-state index contributed by atoms with van der Waals surface area (Å²) in [5.41, 5.74) is 0.623. The van der Waals surface area contributed by atoms with E-state index in [1.165, 1.54) is 17.5 Å². The number of primary sulfonamides is 1. The van der Waals surface area contributed by atoms with E-state index in [2.05, 4.69) is 4.90 Å². The summed E-state index contributed by atoms with van der Waals surface area (Å²) in [6.07, 6.45) is 0. The molecule has 0 saturated heterocycles. The Morgan fingerprint density at radius 1 is 1.08 bits per heavy atom. The first-order valence-corrected chi connectivity index (χ1v) is 11.4. The van der Waals surface area contributed by atoms with Gasteiger partial charge in [0.2, 0.25) is 19.9 Å². The summed E-state index contributed by atoms with van der Waals surface area (Å²) in [6, 6.07) is 5.17. The van der Waals surface area contributed by atoms with Gasteiger partial charge in [-0.25, -0.2) is 22.0 Å². The minimum absolute atomic E-state index is 0. The Kier molecular flexibility index (Phi) is 7.63. The molecule has 0 saturated carbocycles. The van der Waals surface area contributed by atoms with Crippen molar-refractivity contribution >= 4 is 43.6 Å². The molecule has 1 heterocycles. The summed E-state index contributed by atoms with van der Waals surface area (Å²) in [5, 5.41) is 16.4. The van der Waals surface area contributed by atoms with Gasteiger partial charge >= 0.3 is 0 Å². The molecule has 0 spiro atoms. The molecular weight excluding hydrogens is 420 g/mol. The minimum atomic E-state index is -3.96. The van der Waals surface area contributed by atoms with Crippen LogP contribution in [0.2, 0.25) is 0 Å². The van der Waals surface area contributed by atoms with Crippen molar-refractivity contribution in [2.24, 2.45) is 5.14 Å². The summed E-state index contributed by atoms with van der Waals surface area (Å²) < 4.78 is 47.6. The van der Waals surface area contributed by atoms with E-state index in [-0.39, 0.29) is 32.2 Å². The average Bonchev–Trinajstić information content (AvgIpc) is 3.04. The lowest BCUT2D eigenvalue weighted by Gasteiger charge is -2.18. The number of hydrogen-bond acceptors (Lipinski definition) is 7. The lowest BCUT2D eigenvalue weighted by atomic mass is 10.2. The number of sulfone groups is 1. The number of nitrogens with two attached hydrogens (primary N) is 1. The molecule has 0 aliphatic carbocycles. The number of aromatic hydroxyl groups is 1. The van der Waals surface area contributed by atoms with Crippen molar-refractivity contribution < 1.29 is 21.9 Å². The topological polar surface area (TPSA) is 118 Å². The van der Waals surface area contributed by atoms with Crippen molar-refractivity contribution in [3.8, 4) is 5.75 Å².